The zero-order valence-electron chi connectivity index (χ0n) is 10.9. The van der Waals surface area contributed by atoms with Crippen LogP contribution in [0, 0.1) is 11.6 Å². The third kappa shape index (κ3) is 3.26. The number of halogens is 3. The molecular weight excluding hydrogens is 284 g/mol. The van der Waals surface area contributed by atoms with Crippen LogP contribution >= 0.6 is 11.6 Å². The van der Waals surface area contributed by atoms with Gasteiger partial charge in [0.15, 0.2) is 11.6 Å². The van der Waals surface area contributed by atoms with Gasteiger partial charge in [-0.3, -0.25) is 0 Å². The van der Waals surface area contributed by atoms with Gasteiger partial charge in [0.05, 0.1) is 5.02 Å². The molecule has 1 N–H and O–H groups in total. The number of rotatable bonds is 5. The molecule has 0 aliphatic rings. The lowest BCUT2D eigenvalue weighted by Gasteiger charge is -2.13. The first-order valence-electron chi connectivity index (χ1n) is 6.11. The highest BCUT2D eigenvalue weighted by molar-refractivity contribution is 6.31. The van der Waals surface area contributed by atoms with Crippen molar-refractivity contribution in [2.75, 3.05) is 7.05 Å². The van der Waals surface area contributed by atoms with E-state index in [1.165, 1.54) is 18.2 Å². The average Bonchev–Trinajstić information content (AvgIpc) is 2.43. The van der Waals surface area contributed by atoms with E-state index in [0.29, 0.717) is 17.7 Å². The fourth-order valence-electron chi connectivity index (χ4n) is 1.85. The van der Waals surface area contributed by atoms with Gasteiger partial charge in [0, 0.05) is 17.7 Å². The van der Waals surface area contributed by atoms with Crippen molar-refractivity contribution in [3.05, 3.63) is 64.2 Å². The Morgan fingerprint density at radius 3 is 2.40 bits per heavy atom. The van der Waals surface area contributed by atoms with Gasteiger partial charge in [-0.2, -0.15) is 0 Å². The van der Waals surface area contributed by atoms with Crippen molar-refractivity contribution >= 4 is 11.6 Å². The minimum atomic E-state index is -0.517. The molecule has 2 rings (SSSR count). The van der Waals surface area contributed by atoms with E-state index in [1.807, 2.05) is 0 Å². The Morgan fingerprint density at radius 1 is 1.05 bits per heavy atom. The maximum absolute atomic E-state index is 13.8. The summed E-state index contributed by atoms with van der Waals surface area (Å²) in [4.78, 5) is 0. The van der Waals surface area contributed by atoms with Crippen LogP contribution in [0.1, 0.15) is 11.1 Å². The minimum absolute atomic E-state index is 0.000921. The molecular formula is C15H14ClF2NO. The van der Waals surface area contributed by atoms with Crippen LogP contribution in [-0.4, -0.2) is 7.05 Å². The minimum Gasteiger partial charge on any atom is -0.485 e. The second-order valence-corrected chi connectivity index (χ2v) is 4.64. The van der Waals surface area contributed by atoms with Gasteiger partial charge >= 0.3 is 0 Å². The monoisotopic (exact) mass is 297 g/mol. The predicted octanol–water partition coefficient (Wildman–Crippen LogP) is 3.92. The molecule has 0 aliphatic carbocycles. The average molecular weight is 298 g/mol. The zero-order valence-corrected chi connectivity index (χ0v) is 11.7. The molecule has 2 nitrogen and oxygen atoms in total. The van der Waals surface area contributed by atoms with Crippen molar-refractivity contribution in [2.45, 2.75) is 13.2 Å². The normalized spacial score (nSPS) is 10.6. The molecule has 20 heavy (non-hydrogen) atoms. The third-order valence-corrected chi connectivity index (χ3v) is 3.24. The first kappa shape index (κ1) is 14.8. The maximum atomic E-state index is 13.8. The Balaban J connectivity index is 2.20. The fourth-order valence-corrected chi connectivity index (χ4v) is 2.04. The molecule has 106 valence electrons. The maximum Gasteiger partial charge on any atom is 0.165 e. The van der Waals surface area contributed by atoms with Crippen molar-refractivity contribution in [1.29, 1.82) is 0 Å². The first-order valence-corrected chi connectivity index (χ1v) is 6.49. The van der Waals surface area contributed by atoms with Crippen LogP contribution in [0.3, 0.4) is 0 Å². The number of nitrogens with one attached hydrogen (secondary N) is 1. The van der Waals surface area contributed by atoms with Gasteiger partial charge < -0.3 is 10.1 Å². The van der Waals surface area contributed by atoms with E-state index in [0.717, 1.165) is 0 Å². The summed E-state index contributed by atoms with van der Waals surface area (Å²) in [7, 11) is 1.76. The van der Waals surface area contributed by atoms with Gasteiger partial charge in [-0.1, -0.05) is 35.9 Å². The molecule has 0 atom stereocenters. The number of para-hydroxylation sites is 1. The van der Waals surface area contributed by atoms with Gasteiger partial charge in [0.2, 0.25) is 0 Å². The lowest BCUT2D eigenvalue weighted by atomic mass is 10.2. The Morgan fingerprint density at radius 2 is 1.70 bits per heavy atom. The summed E-state index contributed by atoms with van der Waals surface area (Å²) >= 11 is 5.84. The Kier molecular flexibility index (Phi) is 4.93. The lowest BCUT2D eigenvalue weighted by molar-refractivity contribution is 0.286. The predicted molar refractivity (Wildman–Crippen MR) is 74.9 cm³/mol. The molecule has 0 aromatic heterocycles. The first-order chi connectivity index (χ1) is 9.63. The van der Waals surface area contributed by atoms with E-state index in [9.17, 15) is 8.78 Å². The molecule has 2 aromatic rings. The highest BCUT2D eigenvalue weighted by Gasteiger charge is 2.11. The molecule has 0 radical (unpaired) electrons. The molecule has 0 spiro atoms. The standard InChI is InChI=1S/C15H14ClF2NO/c1-19-8-10-4-2-7-13(18)15(10)20-9-11-5-3-6-12(17)14(11)16/h2-7,19H,8-9H2,1H3. The van der Waals surface area contributed by atoms with Crippen LogP contribution in [0.4, 0.5) is 8.78 Å². The largest absolute Gasteiger partial charge is 0.485 e. The second kappa shape index (κ2) is 6.68. The summed E-state index contributed by atoms with van der Waals surface area (Å²) in [5, 5.41) is 2.94. The molecule has 0 heterocycles. The van der Waals surface area contributed by atoms with Crippen LogP contribution in [0.15, 0.2) is 36.4 Å². The van der Waals surface area contributed by atoms with Crippen LogP contribution in [0.5, 0.6) is 5.75 Å². The van der Waals surface area contributed by atoms with E-state index in [4.69, 9.17) is 16.3 Å². The summed E-state index contributed by atoms with van der Waals surface area (Å²) in [6, 6.07) is 9.15. The highest BCUT2D eigenvalue weighted by atomic mass is 35.5. The van der Waals surface area contributed by atoms with Crippen molar-refractivity contribution in [3.8, 4) is 5.75 Å². The Hall–Kier alpha value is -1.65. The third-order valence-electron chi connectivity index (χ3n) is 2.82. The van der Waals surface area contributed by atoms with Crippen molar-refractivity contribution in [2.24, 2.45) is 0 Å². The van der Waals surface area contributed by atoms with Gasteiger partial charge in [-0.25, -0.2) is 8.78 Å². The van der Waals surface area contributed by atoms with E-state index in [2.05, 4.69) is 5.32 Å². The molecule has 0 fully saturated rings. The van der Waals surface area contributed by atoms with Gasteiger partial charge in [0.1, 0.15) is 12.4 Å². The topological polar surface area (TPSA) is 21.3 Å². The Labute approximate surface area is 121 Å². The number of benzene rings is 2. The van der Waals surface area contributed by atoms with E-state index >= 15 is 0 Å². The molecule has 0 saturated heterocycles. The molecule has 2 aromatic carbocycles. The smallest absolute Gasteiger partial charge is 0.165 e. The Bertz CT molecular complexity index is 604. The van der Waals surface area contributed by atoms with E-state index in [1.54, 1.807) is 25.2 Å². The summed E-state index contributed by atoms with van der Waals surface area (Å²) in [6.07, 6.45) is 0. The number of hydrogen-bond acceptors (Lipinski definition) is 2. The van der Waals surface area contributed by atoms with Crippen molar-refractivity contribution < 1.29 is 13.5 Å². The van der Waals surface area contributed by atoms with Gasteiger partial charge in [-0.15, -0.1) is 0 Å². The SMILES string of the molecule is CNCc1cccc(F)c1OCc1cccc(F)c1Cl. The molecule has 0 bridgehead atoms. The van der Waals surface area contributed by atoms with Crippen molar-refractivity contribution in [3.63, 3.8) is 0 Å². The van der Waals surface area contributed by atoms with Crippen LogP contribution in [0.25, 0.3) is 0 Å². The van der Waals surface area contributed by atoms with Gasteiger partial charge in [-0.05, 0) is 19.2 Å². The summed E-state index contributed by atoms with van der Waals surface area (Å²) < 4.78 is 32.6. The highest BCUT2D eigenvalue weighted by Crippen LogP contribution is 2.26. The number of hydrogen-bond donors (Lipinski definition) is 1. The van der Waals surface area contributed by atoms with Crippen LogP contribution < -0.4 is 10.1 Å². The summed E-state index contributed by atoms with van der Waals surface area (Å²) in [5.74, 6) is -0.816. The molecule has 0 amide bonds. The zero-order chi connectivity index (χ0) is 14.5. The second-order valence-electron chi connectivity index (χ2n) is 4.26. The number of ether oxygens (including phenoxy) is 1. The summed E-state index contributed by atoms with van der Waals surface area (Å²) in [5.41, 5.74) is 1.17. The van der Waals surface area contributed by atoms with E-state index in [-0.39, 0.29) is 17.4 Å². The summed E-state index contributed by atoms with van der Waals surface area (Å²) in [6.45, 7) is 0.484. The van der Waals surface area contributed by atoms with Gasteiger partial charge in [0.25, 0.3) is 0 Å². The molecule has 0 saturated carbocycles. The fraction of sp³-hybridized carbons (Fsp3) is 0.200. The van der Waals surface area contributed by atoms with Crippen molar-refractivity contribution in [1.82, 2.24) is 5.32 Å². The van der Waals surface area contributed by atoms with Crippen LogP contribution in [-0.2, 0) is 13.2 Å². The van der Waals surface area contributed by atoms with E-state index < -0.39 is 11.6 Å². The molecule has 0 aliphatic heterocycles. The molecule has 5 heteroatoms. The van der Waals surface area contributed by atoms with Crippen LogP contribution in [0.2, 0.25) is 5.02 Å². The lowest BCUT2D eigenvalue weighted by Crippen LogP contribution is -2.09. The molecule has 0 unspecified atom stereocenters. The quantitative estimate of drug-likeness (QED) is 0.903.